The summed E-state index contributed by atoms with van der Waals surface area (Å²) in [4.78, 5) is 15.5. The van der Waals surface area contributed by atoms with Gasteiger partial charge in [-0.15, -0.1) is 0 Å². The topological polar surface area (TPSA) is 43.6 Å². The van der Waals surface area contributed by atoms with E-state index in [-0.39, 0.29) is 5.92 Å². The molecule has 0 saturated carbocycles. The summed E-state index contributed by atoms with van der Waals surface area (Å²) in [5, 5.41) is 2.45. The van der Waals surface area contributed by atoms with Crippen molar-refractivity contribution >= 4 is 21.8 Å². The molecule has 0 spiro atoms. The van der Waals surface area contributed by atoms with Crippen LogP contribution in [0.3, 0.4) is 0 Å². The van der Waals surface area contributed by atoms with Crippen LogP contribution < -0.4 is 0 Å². The van der Waals surface area contributed by atoms with Gasteiger partial charge in [-0.2, -0.15) is 0 Å². The van der Waals surface area contributed by atoms with E-state index in [1.165, 1.54) is 44.1 Å². The van der Waals surface area contributed by atoms with Gasteiger partial charge in [0.1, 0.15) is 5.82 Å². The van der Waals surface area contributed by atoms with Crippen molar-refractivity contribution < 1.29 is 0 Å². The molecule has 1 atom stereocenters. The van der Waals surface area contributed by atoms with Crippen molar-refractivity contribution in [3.8, 4) is 39.6 Å². The largest absolute Gasteiger partial charge is 0.309 e. The highest BCUT2D eigenvalue weighted by molar-refractivity contribution is 6.13. The lowest BCUT2D eigenvalue weighted by atomic mass is 9.93. The lowest BCUT2D eigenvalue weighted by Gasteiger charge is -2.18. The van der Waals surface area contributed by atoms with E-state index in [2.05, 4.69) is 120 Å². The molecule has 0 saturated heterocycles. The molecule has 6 aromatic carbocycles. The highest BCUT2D eigenvalue weighted by Gasteiger charge is 2.36. The van der Waals surface area contributed by atoms with Gasteiger partial charge < -0.3 is 4.57 Å². The second-order valence-corrected chi connectivity index (χ2v) is 11.2. The summed E-state index contributed by atoms with van der Waals surface area (Å²) in [6.45, 7) is 0. The Hall–Kier alpha value is -5.87. The summed E-state index contributed by atoms with van der Waals surface area (Å²) >= 11 is 0. The van der Waals surface area contributed by atoms with Gasteiger partial charge >= 0.3 is 0 Å². The Morgan fingerprint density at radius 3 is 1.75 bits per heavy atom. The summed E-state index contributed by atoms with van der Waals surface area (Å²) in [5.41, 5.74) is 10.3. The van der Waals surface area contributed by atoms with Crippen LogP contribution in [0.5, 0.6) is 0 Å². The standard InChI is InChI=1S/C40H26N4/c1-4-14-26(15-5-1)38-41-39(27-16-6-2-7-17-27)43-40(42-38)36-31-22-11-10-20-29(31)32-24-25-33-30-21-12-13-23-34(30)44(37(33)35(32)36)28-18-8-3-9-19-28/h1-25,36H. The summed E-state index contributed by atoms with van der Waals surface area (Å²) in [6.07, 6.45) is 0. The minimum atomic E-state index is -0.176. The minimum Gasteiger partial charge on any atom is -0.309 e. The van der Waals surface area contributed by atoms with E-state index in [1.807, 2.05) is 36.4 Å². The number of nitrogens with zero attached hydrogens (tertiary/aromatic N) is 4. The highest BCUT2D eigenvalue weighted by atomic mass is 15.0. The molecule has 4 heteroatoms. The summed E-state index contributed by atoms with van der Waals surface area (Å²) < 4.78 is 2.42. The Bertz CT molecular complexity index is 2270. The fourth-order valence-corrected chi connectivity index (χ4v) is 6.83. The molecule has 9 rings (SSSR count). The third-order valence-electron chi connectivity index (χ3n) is 8.72. The molecule has 2 aromatic heterocycles. The van der Waals surface area contributed by atoms with Gasteiger partial charge in [-0.3, -0.25) is 0 Å². The minimum absolute atomic E-state index is 0.176. The number of rotatable bonds is 4. The van der Waals surface area contributed by atoms with E-state index < -0.39 is 0 Å². The second-order valence-electron chi connectivity index (χ2n) is 11.2. The third-order valence-corrected chi connectivity index (χ3v) is 8.72. The zero-order valence-corrected chi connectivity index (χ0v) is 23.8. The fourth-order valence-electron chi connectivity index (χ4n) is 6.83. The normalized spacial score (nSPS) is 13.7. The first kappa shape index (κ1) is 24.7. The van der Waals surface area contributed by atoms with Gasteiger partial charge in [0.25, 0.3) is 0 Å². The molecular formula is C40H26N4. The molecule has 0 aliphatic heterocycles. The Balaban J connectivity index is 1.40. The first-order valence-corrected chi connectivity index (χ1v) is 14.9. The fraction of sp³-hybridized carbons (Fsp3) is 0.0250. The van der Waals surface area contributed by atoms with Crippen LogP contribution in [0.15, 0.2) is 152 Å². The monoisotopic (exact) mass is 562 g/mol. The molecule has 0 N–H and O–H groups in total. The van der Waals surface area contributed by atoms with Gasteiger partial charge in [-0.05, 0) is 40.5 Å². The molecular weight excluding hydrogens is 536 g/mol. The van der Waals surface area contributed by atoms with Crippen molar-refractivity contribution in [3.63, 3.8) is 0 Å². The number of hydrogen-bond acceptors (Lipinski definition) is 3. The van der Waals surface area contributed by atoms with Crippen molar-refractivity contribution in [1.82, 2.24) is 19.5 Å². The molecule has 206 valence electrons. The van der Waals surface area contributed by atoms with Crippen molar-refractivity contribution in [1.29, 1.82) is 0 Å². The van der Waals surface area contributed by atoms with Crippen LogP contribution in [-0.4, -0.2) is 19.5 Å². The Kier molecular flexibility index (Phi) is 5.53. The number of aromatic nitrogens is 4. The van der Waals surface area contributed by atoms with Crippen molar-refractivity contribution in [2.24, 2.45) is 0 Å². The molecule has 8 aromatic rings. The quantitative estimate of drug-likeness (QED) is 0.215. The number of benzene rings is 6. The van der Waals surface area contributed by atoms with E-state index in [0.29, 0.717) is 11.6 Å². The molecule has 44 heavy (non-hydrogen) atoms. The Morgan fingerprint density at radius 2 is 1.05 bits per heavy atom. The van der Waals surface area contributed by atoms with E-state index in [9.17, 15) is 0 Å². The van der Waals surface area contributed by atoms with Crippen molar-refractivity contribution in [3.05, 3.63) is 169 Å². The molecule has 1 aliphatic rings. The van der Waals surface area contributed by atoms with E-state index in [1.54, 1.807) is 0 Å². The zero-order chi connectivity index (χ0) is 29.0. The van der Waals surface area contributed by atoms with Gasteiger partial charge in [-0.25, -0.2) is 15.0 Å². The number of hydrogen-bond donors (Lipinski definition) is 0. The lowest BCUT2D eigenvalue weighted by Crippen LogP contribution is -2.10. The molecule has 1 aliphatic carbocycles. The van der Waals surface area contributed by atoms with Gasteiger partial charge in [0.15, 0.2) is 11.6 Å². The maximum Gasteiger partial charge on any atom is 0.163 e. The van der Waals surface area contributed by atoms with Gasteiger partial charge in [0.2, 0.25) is 0 Å². The molecule has 1 unspecified atom stereocenters. The Labute approximate surface area is 255 Å². The van der Waals surface area contributed by atoms with Gasteiger partial charge in [0, 0.05) is 27.6 Å². The van der Waals surface area contributed by atoms with Crippen LogP contribution in [-0.2, 0) is 0 Å². The smallest absolute Gasteiger partial charge is 0.163 e. The second kappa shape index (κ2) is 9.85. The highest BCUT2D eigenvalue weighted by Crippen LogP contribution is 2.52. The lowest BCUT2D eigenvalue weighted by molar-refractivity contribution is 0.857. The van der Waals surface area contributed by atoms with E-state index in [0.717, 1.165) is 22.6 Å². The third kappa shape index (κ3) is 3.74. The molecule has 0 fully saturated rings. The van der Waals surface area contributed by atoms with Crippen molar-refractivity contribution in [2.45, 2.75) is 5.92 Å². The first-order chi connectivity index (χ1) is 21.8. The number of para-hydroxylation sites is 2. The molecule has 0 radical (unpaired) electrons. The van der Waals surface area contributed by atoms with Gasteiger partial charge in [0.05, 0.1) is 17.0 Å². The molecule has 4 nitrogen and oxygen atoms in total. The summed E-state index contributed by atoms with van der Waals surface area (Å²) in [6, 6.07) is 53.1. The molecule has 0 amide bonds. The first-order valence-electron chi connectivity index (χ1n) is 14.9. The predicted molar refractivity (Wildman–Crippen MR) is 178 cm³/mol. The molecule has 0 bridgehead atoms. The van der Waals surface area contributed by atoms with Crippen LogP contribution in [0.2, 0.25) is 0 Å². The summed E-state index contributed by atoms with van der Waals surface area (Å²) in [5.74, 6) is 1.93. The maximum absolute atomic E-state index is 5.24. The SMILES string of the molecule is c1ccc(-c2nc(-c3ccccc3)nc(C3c4ccccc4-c4ccc5c6ccccc6n(-c6ccccc6)c5c43)n2)cc1. The average Bonchev–Trinajstić information content (AvgIpc) is 3.62. The number of fused-ring (bicyclic) bond motifs is 7. The average molecular weight is 563 g/mol. The van der Waals surface area contributed by atoms with Crippen LogP contribution in [0.1, 0.15) is 22.9 Å². The van der Waals surface area contributed by atoms with Crippen LogP contribution >= 0.6 is 0 Å². The van der Waals surface area contributed by atoms with Crippen molar-refractivity contribution in [2.75, 3.05) is 0 Å². The van der Waals surface area contributed by atoms with Crippen LogP contribution in [0.25, 0.3) is 61.4 Å². The zero-order valence-electron chi connectivity index (χ0n) is 23.8. The van der Waals surface area contributed by atoms with E-state index >= 15 is 0 Å². The van der Waals surface area contributed by atoms with Gasteiger partial charge in [-0.1, -0.05) is 133 Å². The van der Waals surface area contributed by atoms with E-state index in [4.69, 9.17) is 15.0 Å². The molecule has 2 heterocycles. The summed E-state index contributed by atoms with van der Waals surface area (Å²) in [7, 11) is 0. The van der Waals surface area contributed by atoms with Crippen LogP contribution in [0, 0.1) is 0 Å². The predicted octanol–water partition coefficient (Wildman–Crippen LogP) is 9.46. The Morgan fingerprint density at radius 1 is 0.455 bits per heavy atom. The maximum atomic E-state index is 5.24. The van der Waals surface area contributed by atoms with Crippen LogP contribution in [0.4, 0.5) is 0 Å².